The number of aliphatic carboxylic acids is 1. The molecule has 0 spiro atoms. The van der Waals surface area contributed by atoms with Crippen LogP contribution in [0, 0.1) is 0 Å². The van der Waals surface area contributed by atoms with Gasteiger partial charge >= 0.3 is 11.7 Å². The Balaban J connectivity index is 2.82. The largest absolute Gasteiger partial charge is 0.480 e. The van der Waals surface area contributed by atoms with E-state index >= 15 is 0 Å². The lowest BCUT2D eigenvalue weighted by Gasteiger charge is -2.02. The molecule has 2 aromatic rings. The lowest BCUT2D eigenvalue weighted by Crippen LogP contribution is -2.36. The summed E-state index contributed by atoms with van der Waals surface area (Å²) in [6.07, 6.45) is 2.91. The van der Waals surface area contributed by atoms with E-state index in [0.29, 0.717) is 10.9 Å². The highest BCUT2D eigenvalue weighted by Crippen LogP contribution is 2.08. The molecule has 0 aliphatic carbocycles. The Bertz CT molecular complexity index is 719. The van der Waals surface area contributed by atoms with Crippen molar-refractivity contribution in [3.05, 3.63) is 33.2 Å². The first kappa shape index (κ1) is 11.2. The van der Waals surface area contributed by atoms with E-state index < -0.39 is 17.2 Å². The van der Waals surface area contributed by atoms with Gasteiger partial charge in [-0.05, 0) is 0 Å². The highest BCUT2D eigenvalue weighted by atomic mass is 16.4. The highest BCUT2D eigenvalue weighted by molar-refractivity contribution is 5.78. The second-order valence-electron chi connectivity index (χ2n) is 3.83. The first-order valence-electron chi connectivity index (χ1n) is 4.89. The fourth-order valence-corrected chi connectivity index (χ4v) is 1.77. The molecule has 0 radical (unpaired) electrons. The standard InChI is InChI=1S/C10H11N3O4/c1-11-7-4-13(5-8(14)15)3-6(7)9(16)12(2)10(11)17/h3-4H,5H2,1-2H3,(H,14,15). The molecule has 0 unspecified atom stereocenters. The number of aromatic nitrogens is 3. The lowest BCUT2D eigenvalue weighted by molar-refractivity contribution is -0.137. The Kier molecular flexibility index (Phi) is 2.38. The molecule has 0 bridgehead atoms. The van der Waals surface area contributed by atoms with Crippen molar-refractivity contribution in [3.8, 4) is 0 Å². The zero-order valence-corrected chi connectivity index (χ0v) is 9.38. The second-order valence-corrected chi connectivity index (χ2v) is 3.83. The van der Waals surface area contributed by atoms with Crippen molar-refractivity contribution in [2.24, 2.45) is 14.1 Å². The van der Waals surface area contributed by atoms with E-state index in [-0.39, 0.29) is 6.54 Å². The van der Waals surface area contributed by atoms with Gasteiger partial charge in [-0.25, -0.2) is 4.79 Å². The second kappa shape index (κ2) is 3.62. The van der Waals surface area contributed by atoms with Crippen molar-refractivity contribution in [3.63, 3.8) is 0 Å². The van der Waals surface area contributed by atoms with Gasteiger partial charge in [0.05, 0.1) is 10.9 Å². The number of hydrogen-bond donors (Lipinski definition) is 1. The minimum absolute atomic E-state index is 0.244. The van der Waals surface area contributed by atoms with E-state index in [4.69, 9.17) is 5.11 Å². The Morgan fingerprint density at radius 1 is 1.24 bits per heavy atom. The molecule has 2 heterocycles. The van der Waals surface area contributed by atoms with Crippen LogP contribution in [-0.4, -0.2) is 24.8 Å². The maximum Gasteiger partial charge on any atom is 0.330 e. The zero-order valence-electron chi connectivity index (χ0n) is 9.38. The maximum absolute atomic E-state index is 11.8. The Labute approximate surface area is 95.1 Å². The molecule has 2 aromatic heterocycles. The summed E-state index contributed by atoms with van der Waals surface area (Å²) < 4.78 is 3.68. The molecule has 7 heteroatoms. The van der Waals surface area contributed by atoms with E-state index in [0.717, 1.165) is 4.57 Å². The Morgan fingerprint density at radius 3 is 2.47 bits per heavy atom. The summed E-state index contributed by atoms with van der Waals surface area (Å²) >= 11 is 0. The molecule has 0 saturated heterocycles. The summed E-state index contributed by atoms with van der Waals surface area (Å²) in [6, 6.07) is 0. The number of rotatable bonds is 2. The summed E-state index contributed by atoms with van der Waals surface area (Å²) in [6.45, 7) is -0.244. The molecule has 0 aliphatic heterocycles. The Morgan fingerprint density at radius 2 is 1.88 bits per heavy atom. The van der Waals surface area contributed by atoms with Crippen LogP contribution in [-0.2, 0) is 25.4 Å². The molecule has 90 valence electrons. The van der Waals surface area contributed by atoms with Gasteiger partial charge in [-0.2, -0.15) is 0 Å². The van der Waals surface area contributed by atoms with E-state index in [2.05, 4.69) is 0 Å². The molecule has 0 saturated carbocycles. The number of aryl methyl sites for hydroxylation is 1. The van der Waals surface area contributed by atoms with Crippen LogP contribution < -0.4 is 11.2 Å². The molecular formula is C10H11N3O4. The van der Waals surface area contributed by atoms with Crippen LogP contribution in [0.3, 0.4) is 0 Å². The third-order valence-electron chi connectivity index (χ3n) is 2.65. The van der Waals surface area contributed by atoms with Crippen molar-refractivity contribution in [1.82, 2.24) is 13.7 Å². The number of carboxylic acid groups (broad SMARTS) is 1. The summed E-state index contributed by atoms with van der Waals surface area (Å²) in [5, 5.41) is 9.00. The SMILES string of the molecule is Cn1c(=O)c2cn(CC(=O)O)cc2n(C)c1=O. The van der Waals surface area contributed by atoms with Gasteiger partial charge in [-0.3, -0.25) is 18.7 Å². The van der Waals surface area contributed by atoms with Gasteiger partial charge in [-0.1, -0.05) is 0 Å². The zero-order chi connectivity index (χ0) is 12.7. The average molecular weight is 237 g/mol. The van der Waals surface area contributed by atoms with Crippen LogP contribution in [0.2, 0.25) is 0 Å². The van der Waals surface area contributed by atoms with E-state index in [1.54, 1.807) is 0 Å². The smallest absolute Gasteiger partial charge is 0.330 e. The van der Waals surface area contributed by atoms with E-state index in [9.17, 15) is 14.4 Å². The molecule has 2 rings (SSSR count). The van der Waals surface area contributed by atoms with Crippen molar-refractivity contribution in [2.75, 3.05) is 0 Å². The van der Waals surface area contributed by atoms with Gasteiger partial charge < -0.3 is 9.67 Å². The molecule has 7 nitrogen and oxygen atoms in total. The van der Waals surface area contributed by atoms with Crippen LogP contribution in [0.15, 0.2) is 22.0 Å². The van der Waals surface area contributed by atoms with Crippen molar-refractivity contribution < 1.29 is 9.90 Å². The minimum Gasteiger partial charge on any atom is -0.480 e. The van der Waals surface area contributed by atoms with Gasteiger partial charge in [-0.15, -0.1) is 0 Å². The van der Waals surface area contributed by atoms with Gasteiger partial charge in [0.2, 0.25) is 0 Å². The molecule has 17 heavy (non-hydrogen) atoms. The van der Waals surface area contributed by atoms with Gasteiger partial charge in [0.15, 0.2) is 0 Å². The fourth-order valence-electron chi connectivity index (χ4n) is 1.77. The molecule has 1 N–H and O–H groups in total. The molecule has 0 aliphatic rings. The van der Waals surface area contributed by atoms with Crippen molar-refractivity contribution in [2.45, 2.75) is 6.54 Å². The summed E-state index contributed by atoms with van der Waals surface area (Å²) in [7, 11) is 2.92. The monoisotopic (exact) mass is 237 g/mol. The number of fused-ring (bicyclic) bond motifs is 1. The minimum atomic E-state index is -1.01. The van der Waals surface area contributed by atoms with Gasteiger partial charge in [0.25, 0.3) is 5.56 Å². The van der Waals surface area contributed by atoms with Crippen molar-refractivity contribution >= 4 is 16.9 Å². The normalized spacial score (nSPS) is 10.9. The van der Waals surface area contributed by atoms with Crippen LogP contribution >= 0.6 is 0 Å². The first-order valence-corrected chi connectivity index (χ1v) is 4.89. The number of hydrogen-bond acceptors (Lipinski definition) is 3. The third-order valence-corrected chi connectivity index (χ3v) is 2.65. The predicted octanol–water partition coefficient (Wildman–Crippen LogP) is -0.877. The number of nitrogens with zero attached hydrogens (tertiary/aromatic N) is 3. The summed E-state index contributed by atoms with van der Waals surface area (Å²) in [4.78, 5) is 34.0. The topological polar surface area (TPSA) is 86.2 Å². The van der Waals surface area contributed by atoms with Crippen LogP contribution in [0.5, 0.6) is 0 Å². The molecule has 0 atom stereocenters. The van der Waals surface area contributed by atoms with Crippen molar-refractivity contribution in [1.29, 1.82) is 0 Å². The average Bonchev–Trinajstić information content (AvgIpc) is 2.66. The predicted molar refractivity (Wildman–Crippen MR) is 60.1 cm³/mol. The van der Waals surface area contributed by atoms with Crippen LogP contribution in [0.1, 0.15) is 0 Å². The maximum atomic E-state index is 11.8. The molecular weight excluding hydrogens is 226 g/mol. The highest BCUT2D eigenvalue weighted by Gasteiger charge is 2.11. The summed E-state index contributed by atoms with van der Waals surface area (Å²) in [5.74, 6) is -1.01. The molecule has 0 amide bonds. The number of carbonyl (C=O) groups is 1. The summed E-state index contributed by atoms with van der Waals surface area (Å²) in [5.41, 5.74) is -0.429. The molecule has 0 aromatic carbocycles. The van der Waals surface area contributed by atoms with Gasteiger partial charge in [0, 0.05) is 26.5 Å². The fraction of sp³-hybridized carbons (Fsp3) is 0.300. The Hall–Kier alpha value is -2.31. The van der Waals surface area contributed by atoms with E-state index in [1.165, 1.54) is 35.6 Å². The van der Waals surface area contributed by atoms with Crippen LogP contribution in [0.4, 0.5) is 0 Å². The first-order chi connectivity index (χ1) is 7.91. The molecule has 0 fully saturated rings. The van der Waals surface area contributed by atoms with Crippen LogP contribution in [0.25, 0.3) is 10.9 Å². The third kappa shape index (κ3) is 1.65. The van der Waals surface area contributed by atoms with Gasteiger partial charge in [0.1, 0.15) is 6.54 Å². The number of carboxylic acids is 1. The lowest BCUT2D eigenvalue weighted by atomic mass is 10.4. The quantitative estimate of drug-likeness (QED) is 0.735. The van der Waals surface area contributed by atoms with E-state index in [1.807, 2.05) is 0 Å².